The number of ketones is 1. The van der Waals surface area contributed by atoms with Gasteiger partial charge in [-0.2, -0.15) is 0 Å². The van der Waals surface area contributed by atoms with Crippen molar-refractivity contribution < 1.29 is 14.7 Å². The Labute approximate surface area is 123 Å². The minimum atomic E-state index is -1.45. The topological polar surface area (TPSA) is 54.4 Å². The zero-order valence-corrected chi connectivity index (χ0v) is 12.0. The lowest BCUT2D eigenvalue weighted by atomic mass is 9.98. The van der Waals surface area contributed by atoms with Crippen LogP contribution in [-0.4, -0.2) is 16.9 Å². The second-order valence-electron chi connectivity index (χ2n) is 4.97. The van der Waals surface area contributed by atoms with Gasteiger partial charge in [-0.25, -0.2) is 4.79 Å². The predicted molar refractivity (Wildman–Crippen MR) is 82.9 cm³/mol. The third-order valence-electron chi connectivity index (χ3n) is 3.19. The first kappa shape index (κ1) is 14.7. The van der Waals surface area contributed by atoms with Gasteiger partial charge in [0.05, 0.1) is 0 Å². The van der Waals surface area contributed by atoms with Crippen LogP contribution in [0.1, 0.15) is 22.3 Å². The Morgan fingerprint density at radius 1 is 0.857 bits per heavy atom. The minimum absolute atomic E-state index is 0.186. The first-order chi connectivity index (χ1) is 9.97. The number of rotatable bonds is 4. The molecule has 3 nitrogen and oxygen atoms in total. The van der Waals surface area contributed by atoms with Crippen LogP contribution in [0.3, 0.4) is 0 Å². The SMILES string of the molecule is Cc1ccc(/C=C(\C(=O)C(=O)O)c2ccc(C)cc2)cc1. The Morgan fingerprint density at radius 2 is 1.33 bits per heavy atom. The van der Waals surface area contributed by atoms with Gasteiger partial charge in [0.2, 0.25) is 0 Å². The van der Waals surface area contributed by atoms with Crippen LogP contribution in [0.4, 0.5) is 0 Å². The number of benzene rings is 2. The second-order valence-corrected chi connectivity index (χ2v) is 4.97. The van der Waals surface area contributed by atoms with Crippen molar-refractivity contribution in [3.05, 3.63) is 70.8 Å². The summed E-state index contributed by atoms with van der Waals surface area (Å²) in [5.74, 6) is -2.35. The Hall–Kier alpha value is -2.68. The lowest BCUT2D eigenvalue weighted by Gasteiger charge is -2.06. The maximum atomic E-state index is 11.9. The molecule has 0 saturated carbocycles. The summed E-state index contributed by atoms with van der Waals surface area (Å²) in [6.45, 7) is 3.91. The molecule has 3 heteroatoms. The summed E-state index contributed by atoms with van der Waals surface area (Å²) >= 11 is 0. The molecule has 0 unspecified atom stereocenters. The molecule has 2 rings (SSSR count). The fraction of sp³-hybridized carbons (Fsp3) is 0.111. The molecule has 0 aliphatic rings. The number of aliphatic carboxylic acids is 1. The van der Waals surface area contributed by atoms with Crippen LogP contribution in [0, 0.1) is 13.8 Å². The van der Waals surface area contributed by atoms with Crippen molar-refractivity contribution in [1.82, 2.24) is 0 Å². The molecular formula is C18H16O3. The van der Waals surface area contributed by atoms with E-state index in [1.54, 1.807) is 18.2 Å². The molecule has 0 aromatic heterocycles. The highest BCUT2D eigenvalue weighted by Crippen LogP contribution is 2.20. The number of carboxylic acid groups (broad SMARTS) is 1. The Bertz CT molecular complexity index is 692. The molecule has 0 radical (unpaired) electrons. The van der Waals surface area contributed by atoms with Crippen LogP contribution in [0.5, 0.6) is 0 Å². The average Bonchev–Trinajstić information content (AvgIpc) is 2.47. The molecule has 0 spiro atoms. The van der Waals surface area contributed by atoms with Gasteiger partial charge in [-0.15, -0.1) is 0 Å². The van der Waals surface area contributed by atoms with E-state index in [2.05, 4.69) is 0 Å². The number of hydrogen-bond donors (Lipinski definition) is 1. The highest BCUT2D eigenvalue weighted by Gasteiger charge is 2.19. The van der Waals surface area contributed by atoms with Crippen LogP contribution in [0.2, 0.25) is 0 Å². The number of carboxylic acids is 1. The zero-order chi connectivity index (χ0) is 15.4. The first-order valence-corrected chi connectivity index (χ1v) is 6.60. The maximum absolute atomic E-state index is 11.9. The van der Waals surface area contributed by atoms with Gasteiger partial charge in [0, 0.05) is 5.57 Å². The van der Waals surface area contributed by atoms with Crippen molar-refractivity contribution >= 4 is 23.4 Å². The van der Waals surface area contributed by atoms with Crippen molar-refractivity contribution in [2.45, 2.75) is 13.8 Å². The fourth-order valence-corrected chi connectivity index (χ4v) is 1.96. The quantitative estimate of drug-likeness (QED) is 0.530. The molecule has 106 valence electrons. The van der Waals surface area contributed by atoms with Gasteiger partial charge in [0.15, 0.2) is 0 Å². The number of carbonyl (C=O) groups is 2. The summed E-state index contributed by atoms with van der Waals surface area (Å²) in [7, 11) is 0. The highest BCUT2D eigenvalue weighted by molar-refractivity contribution is 6.52. The largest absolute Gasteiger partial charge is 0.475 e. The van der Waals surface area contributed by atoms with Crippen LogP contribution in [0.25, 0.3) is 11.6 Å². The summed E-state index contributed by atoms with van der Waals surface area (Å²) in [6, 6.07) is 14.8. The predicted octanol–water partition coefficient (Wildman–Crippen LogP) is 3.50. The van der Waals surface area contributed by atoms with Gasteiger partial charge in [0.1, 0.15) is 0 Å². The van der Waals surface area contributed by atoms with Crippen molar-refractivity contribution in [1.29, 1.82) is 0 Å². The van der Waals surface area contributed by atoms with Gasteiger partial charge in [-0.1, -0.05) is 59.7 Å². The second kappa shape index (κ2) is 6.18. The molecule has 0 fully saturated rings. The van der Waals surface area contributed by atoms with Crippen molar-refractivity contribution in [2.24, 2.45) is 0 Å². The van der Waals surface area contributed by atoms with E-state index in [0.29, 0.717) is 5.56 Å². The van der Waals surface area contributed by atoms with E-state index in [-0.39, 0.29) is 5.57 Å². The molecule has 0 saturated heterocycles. The van der Waals surface area contributed by atoms with E-state index >= 15 is 0 Å². The molecule has 0 bridgehead atoms. The third kappa shape index (κ3) is 3.66. The smallest absolute Gasteiger partial charge is 0.377 e. The van der Waals surface area contributed by atoms with Crippen molar-refractivity contribution in [3.63, 3.8) is 0 Å². The Balaban J connectivity index is 2.50. The van der Waals surface area contributed by atoms with E-state index < -0.39 is 11.8 Å². The van der Waals surface area contributed by atoms with Gasteiger partial charge in [-0.3, -0.25) is 4.79 Å². The van der Waals surface area contributed by atoms with E-state index in [4.69, 9.17) is 5.11 Å². The summed E-state index contributed by atoms with van der Waals surface area (Å²) < 4.78 is 0. The summed E-state index contributed by atoms with van der Waals surface area (Å²) in [5.41, 5.74) is 3.75. The first-order valence-electron chi connectivity index (χ1n) is 6.60. The number of carbonyl (C=O) groups excluding carboxylic acids is 1. The van der Waals surface area contributed by atoms with E-state index in [0.717, 1.165) is 16.7 Å². The lowest BCUT2D eigenvalue weighted by Crippen LogP contribution is -2.14. The molecule has 0 atom stereocenters. The lowest BCUT2D eigenvalue weighted by molar-refractivity contribution is -0.146. The molecule has 1 N–H and O–H groups in total. The van der Waals surface area contributed by atoms with E-state index in [1.807, 2.05) is 50.2 Å². The monoisotopic (exact) mass is 280 g/mol. The number of hydrogen-bond acceptors (Lipinski definition) is 2. The van der Waals surface area contributed by atoms with Gasteiger partial charge >= 0.3 is 5.97 Å². The van der Waals surface area contributed by atoms with E-state index in [9.17, 15) is 9.59 Å². The Kier molecular flexibility index (Phi) is 4.33. The molecule has 0 amide bonds. The summed E-state index contributed by atoms with van der Waals surface area (Å²) in [4.78, 5) is 23.0. The molecule has 2 aromatic rings. The summed E-state index contributed by atoms with van der Waals surface area (Å²) in [5, 5.41) is 9.00. The average molecular weight is 280 g/mol. The normalized spacial score (nSPS) is 11.2. The van der Waals surface area contributed by atoms with E-state index in [1.165, 1.54) is 0 Å². The maximum Gasteiger partial charge on any atom is 0.377 e. The molecule has 21 heavy (non-hydrogen) atoms. The molecule has 0 heterocycles. The van der Waals surface area contributed by atoms with Crippen molar-refractivity contribution in [3.8, 4) is 0 Å². The van der Waals surface area contributed by atoms with Crippen LogP contribution in [-0.2, 0) is 9.59 Å². The van der Waals surface area contributed by atoms with Gasteiger partial charge < -0.3 is 5.11 Å². The molecule has 0 aliphatic carbocycles. The number of aryl methyl sites for hydroxylation is 2. The van der Waals surface area contributed by atoms with Crippen LogP contribution >= 0.6 is 0 Å². The number of Topliss-reactive ketones (excluding diaryl/α,β-unsaturated/α-hetero) is 1. The standard InChI is InChI=1S/C18H16O3/c1-12-3-7-14(8-4-12)11-16(17(19)18(20)21)15-9-5-13(2)6-10-15/h3-11H,1-2H3,(H,20,21)/b16-11-. The Morgan fingerprint density at radius 3 is 1.81 bits per heavy atom. The van der Waals surface area contributed by atoms with Crippen LogP contribution < -0.4 is 0 Å². The van der Waals surface area contributed by atoms with Crippen molar-refractivity contribution in [2.75, 3.05) is 0 Å². The molecule has 2 aromatic carbocycles. The third-order valence-corrected chi connectivity index (χ3v) is 3.19. The highest BCUT2D eigenvalue weighted by atomic mass is 16.4. The minimum Gasteiger partial charge on any atom is -0.475 e. The van der Waals surface area contributed by atoms with Gasteiger partial charge in [0.25, 0.3) is 5.78 Å². The fourth-order valence-electron chi connectivity index (χ4n) is 1.96. The molecule has 0 aliphatic heterocycles. The molecular weight excluding hydrogens is 264 g/mol. The van der Waals surface area contributed by atoms with Crippen LogP contribution in [0.15, 0.2) is 48.5 Å². The zero-order valence-electron chi connectivity index (χ0n) is 12.0. The van der Waals surface area contributed by atoms with Gasteiger partial charge in [-0.05, 0) is 31.1 Å². The summed E-state index contributed by atoms with van der Waals surface area (Å²) in [6.07, 6.45) is 1.61.